The van der Waals surface area contributed by atoms with E-state index in [2.05, 4.69) is 15.0 Å². The van der Waals surface area contributed by atoms with Gasteiger partial charge in [-0.15, -0.1) is 0 Å². The Kier molecular flexibility index (Phi) is 3.38. The highest BCUT2D eigenvalue weighted by atomic mass is 16.2. The number of carbonyl (C=O) groups is 1. The first-order valence-electron chi connectivity index (χ1n) is 7.81. The lowest BCUT2D eigenvalue weighted by Crippen LogP contribution is -2.49. The zero-order valence-corrected chi connectivity index (χ0v) is 12.4. The van der Waals surface area contributed by atoms with Gasteiger partial charge in [0.2, 0.25) is 0 Å². The summed E-state index contributed by atoms with van der Waals surface area (Å²) in [6.45, 7) is 3.55. The highest BCUT2D eigenvalue weighted by Crippen LogP contribution is 2.27. The molecule has 0 spiro atoms. The summed E-state index contributed by atoms with van der Waals surface area (Å²) in [5, 5.41) is 4.19. The highest BCUT2D eigenvalue weighted by molar-refractivity contribution is 5.97. The zero-order chi connectivity index (χ0) is 14.9. The lowest BCUT2D eigenvalue weighted by atomic mass is 10.2. The van der Waals surface area contributed by atoms with Crippen LogP contribution in [0.1, 0.15) is 23.2 Å². The second-order valence-electron chi connectivity index (χ2n) is 5.88. The molecule has 0 aromatic carbocycles. The molecular weight excluding hydrogens is 278 g/mol. The third-order valence-corrected chi connectivity index (χ3v) is 4.40. The van der Waals surface area contributed by atoms with Gasteiger partial charge in [-0.05, 0) is 31.0 Å². The van der Waals surface area contributed by atoms with E-state index in [4.69, 9.17) is 0 Å². The van der Waals surface area contributed by atoms with Gasteiger partial charge in [-0.1, -0.05) is 0 Å². The Morgan fingerprint density at radius 3 is 2.59 bits per heavy atom. The Morgan fingerprint density at radius 1 is 1.09 bits per heavy atom. The van der Waals surface area contributed by atoms with Crippen molar-refractivity contribution in [3.63, 3.8) is 0 Å². The first-order chi connectivity index (χ1) is 10.8. The molecule has 0 radical (unpaired) electrons. The Bertz CT molecular complexity index is 657. The summed E-state index contributed by atoms with van der Waals surface area (Å²) in [6, 6.07) is 6.24. The van der Waals surface area contributed by atoms with Gasteiger partial charge in [0.05, 0.1) is 5.56 Å². The fraction of sp³-hybridized carbons (Fsp3) is 0.438. The minimum atomic E-state index is 0.0500. The third-order valence-electron chi connectivity index (χ3n) is 4.40. The number of carbonyl (C=O) groups excluding carboxylic acids is 1. The van der Waals surface area contributed by atoms with E-state index >= 15 is 0 Å². The summed E-state index contributed by atoms with van der Waals surface area (Å²) in [5.74, 6) is 0.649. The van der Waals surface area contributed by atoms with Crippen molar-refractivity contribution >= 4 is 5.91 Å². The summed E-state index contributed by atoms with van der Waals surface area (Å²) in [5.41, 5.74) is 0.617. The van der Waals surface area contributed by atoms with Crippen LogP contribution >= 0.6 is 0 Å². The number of nitrogens with zero attached hydrogens (tertiary/aromatic N) is 5. The molecule has 6 heteroatoms. The Balaban J connectivity index is 1.53. The maximum Gasteiger partial charge on any atom is 0.257 e. The van der Waals surface area contributed by atoms with Crippen LogP contribution in [-0.4, -0.2) is 62.7 Å². The molecule has 1 aliphatic heterocycles. The number of hydrogen-bond donors (Lipinski definition) is 0. The van der Waals surface area contributed by atoms with E-state index in [1.54, 1.807) is 23.1 Å². The summed E-state index contributed by atoms with van der Waals surface area (Å²) in [7, 11) is 0. The van der Waals surface area contributed by atoms with Crippen LogP contribution in [-0.2, 0) is 0 Å². The van der Waals surface area contributed by atoms with E-state index < -0.39 is 0 Å². The van der Waals surface area contributed by atoms with Gasteiger partial charge in [0.15, 0.2) is 5.82 Å². The molecule has 2 aromatic rings. The van der Waals surface area contributed by atoms with Gasteiger partial charge in [-0.25, -0.2) is 9.67 Å². The van der Waals surface area contributed by atoms with Crippen LogP contribution in [0.4, 0.5) is 0 Å². The predicted molar refractivity (Wildman–Crippen MR) is 81.9 cm³/mol. The summed E-state index contributed by atoms with van der Waals surface area (Å²) < 4.78 is 1.65. The van der Waals surface area contributed by atoms with Crippen molar-refractivity contribution in [1.82, 2.24) is 24.6 Å². The van der Waals surface area contributed by atoms with Gasteiger partial charge >= 0.3 is 0 Å². The van der Waals surface area contributed by atoms with Crippen molar-refractivity contribution in [2.45, 2.75) is 18.9 Å². The van der Waals surface area contributed by atoms with E-state index in [1.165, 1.54) is 12.8 Å². The number of aromatic nitrogens is 3. The molecule has 1 saturated heterocycles. The molecule has 0 bridgehead atoms. The Labute approximate surface area is 129 Å². The Hall–Kier alpha value is -2.21. The normalized spacial score (nSPS) is 19.4. The van der Waals surface area contributed by atoms with Crippen molar-refractivity contribution in [3.8, 4) is 5.82 Å². The van der Waals surface area contributed by atoms with Gasteiger partial charge in [0, 0.05) is 50.8 Å². The van der Waals surface area contributed by atoms with Gasteiger partial charge in [0.1, 0.15) is 0 Å². The SMILES string of the molecule is O=C(c1cccnc1-n1cccn1)N1CCN(C2CC2)CC1. The molecule has 22 heavy (non-hydrogen) atoms. The van der Waals surface area contributed by atoms with E-state index in [1.807, 2.05) is 23.2 Å². The molecule has 2 aliphatic rings. The van der Waals surface area contributed by atoms with Crippen LogP contribution in [0, 0.1) is 0 Å². The maximum absolute atomic E-state index is 12.8. The minimum Gasteiger partial charge on any atom is -0.336 e. The molecule has 0 unspecified atom stereocenters. The Morgan fingerprint density at radius 2 is 1.91 bits per heavy atom. The molecule has 1 amide bonds. The minimum absolute atomic E-state index is 0.0500. The molecule has 6 nitrogen and oxygen atoms in total. The van der Waals surface area contributed by atoms with Crippen LogP contribution in [0.3, 0.4) is 0 Å². The van der Waals surface area contributed by atoms with Crippen molar-refractivity contribution in [2.24, 2.45) is 0 Å². The lowest BCUT2D eigenvalue weighted by molar-refractivity contribution is 0.0626. The number of pyridine rings is 1. The zero-order valence-electron chi connectivity index (χ0n) is 12.4. The van der Waals surface area contributed by atoms with Crippen molar-refractivity contribution in [3.05, 3.63) is 42.4 Å². The van der Waals surface area contributed by atoms with Crippen LogP contribution in [0.15, 0.2) is 36.8 Å². The first kappa shape index (κ1) is 13.5. The summed E-state index contributed by atoms with van der Waals surface area (Å²) in [4.78, 5) is 21.6. The second-order valence-corrected chi connectivity index (χ2v) is 5.88. The molecule has 0 atom stereocenters. The van der Waals surface area contributed by atoms with Gasteiger partial charge in [-0.3, -0.25) is 9.69 Å². The second kappa shape index (κ2) is 5.53. The maximum atomic E-state index is 12.8. The van der Waals surface area contributed by atoms with Gasteiger partial charge in [0.25, 0.3) is 5.91 Å². The number of amides is 1. The standard InChI is InChI=1S/C16H19N5O/c22-16(20-11-9-19(10-12-20)13-4-5-13)14-3-1-6-17-15(14)21-8-2-7-18-21/h1-3,6-8,13H,4-5,9-12H2. The smallest absolute Gasteiger partial charge is 0.257 e. The fourth-order valence-corrected chi connectivity index (χ4v) is 3.04. The molecule has 1 aliphatic carbocycles. The fourth-order valence-electron chi connectivity index (χ4n) is 3.04. The number of rotatable bonds is 3. The lowest BCUT2D eigenvalue weighted by Gasteiger charge is -2.35. The highest BCUT2D eigenvalue weighted by Gasteiger charge is 2.32. The molecule has 3 heterocycles. The van der Waals surface area contributed by atoms with Crippen LogP contribution in [0.25, 0.3) is 5.82 Å². The molecule has 4 rings (SSSR count). The summed E-state index contributed by atoms with van der Waals surface area (Å²) >= 11 is 0. The van der Waals surface area contributed by atoms with E-state index in [9.17, 15) is 4.79 Å². The number of hydrogen-bond acceptors (Lipinski definition) is 4. The van der Waals surface area contributed by atoms with Crippen molar-refractivity contribution in [2.75, 3.05) is 26.2 Å². The van der Waals surface area contributed by atoms with Crippen LogP contribution in [0.5, 0.6) is 0 Å². The quantitative estimate of drug-likeness (QED) is 0.854. The van der Waals surface area contributed by atoms with Gasteiger partial charge < -0.3 is 4.90 Å². The molecular formula is C16H19N5O. The molecule has 2 fully saturated rings. The average molecular weight is 297 g/mol. The average Bonchev–Trinajstić information content (AvgIpc) is 3.29. The van der Waals surface area contributed by atoms with Crippen LogP contribution in [0.2, 0.25) is 0 Å². The van der Waals surface area contributed by atoms with Crippen molar-refractivity contribution in [1.29, 1.82) is 0 Å². The monoisotopic (exact) mass is 297 g/mol. The summed E-state index contributed by atoms with van der Waals surface area (Å²) in [6.07, 6.45) is 7.83. The van der Waals surface area contributed by atoms with E-state index in [0.717, 1.165) is 32.2 Å². The van der Waals surface area contributed by atoms with E-state index in [0.29, 0.717) is 11.4 Å². The third kappa shape index (κ3) is 2.50. The topological polar surface area (TPSA) is 54.3 Å². The number of piperazine rings is 1. The first-order valence-corrected chi connectivity index (χ1v) is 7.81. The van der Waals surface area contributed by atoms with Crippen molar-refractivity contribution < 1.29 is 4.79 Å². The molecule has 0 N–H and O–H groups in total. The molecule has 1 saturated carbocycles. The molecule has 114 valence electrons. The van der Waals surface area contributed by atoms with E-state index in [-0.39, 0.29) is 5.91 Å². The van der Waals surface area contributed by atoms with Gasteiger partial charge in [-0.2, -0.15) is 5.10 Å². The molecule has 2 aromatic heterocycles. The predicted octanol–water partition coefficient (Wildman–Crippen LogP) is 1.19. The van der Waals surface area contributed by atoms with Crippen LogP contribution < -0.4 is 0 Å². The largest absolute Gasteiger partial charge is 0.336 e.